The van der Waals surface area contributed by atoms with Crippen LogP contribution in [0.1, 0.15) is 41.5 Å². The summed E-state index contributed by atoms with van der Waals surface area (Å²) in [7, 11) is 0. The van der Waals surface area contributed by atoms with Gasteiger partial charge in [-0.3, -0.25) is 0 Å². The minimum absolute atomic E-state index is 0.190. The van der Waals surface area contributed by atoms with Crippen molar-refractivity contribution in [2.75, 3.05) is 0 Å². The normalized spacial score (nSPS) is 8.62. The zero-order chi connectivity index (χ0) is 13.8. The number of hydrogen-bond donors (Lipinski definition) is 1. The molecular formula is C12H21N3O. The van der Waals surface area contributed by atoms with Crippen molar-refractivity contribution in [1.29, 1.82) is 15.8 Å². The third kappa shape index (κ3) is 55.1. The summed E-state index contributed by atoms with van der Waals surface area (Å²) in [5.74, 6) is 0.380. The van der Waals surface area contributed by atoms with Crippen LogP contribution >= 0.6 is 0 Å². The molecule has 0 fully saturated rings. The van der Waals surface area contributed by atoms with E-state index in [9.17, 15) is 0 Å². The smallest absolute Gasteiger partial charge is 0.145 e. The molecule has 0 aliphatic heterocycles. The first-order valence-corrected chi connectivity index (χ1v) is 5.03. The highest BCUT2D eigenvalue weighted by Gasteiger charge is 2.07. The van der Waals surface area contributed by atoms with Gasteiger partial charge in [-0.15, -0.1) is 0 Å². The van der Waals surface area contributed by atoms with Crippen molar-refractivity contribution in [3.63, 3.8) is 0 Å². The Morgan fingerprint density at radius 3 is 1.00 bits per heavy atom. The highest BCUT2D eigenvalue weighted by atomic mass is 16.3. The van der Waals surface area contributed by atoms with Crippen molar-refractivity contribution in [2.24, 2.45) is 11.8 Å². The van der Waals surface area contributed by atoms with Crippen molar-refractivity contribution in [3.8, 4) is 18.2 Å². The second-order valence-electron chi connectivity index (χ2n) is 4.24. The van der Waals surface area contributed by atoms with Crippen molar-refractivity contribution in [2.45, 2.75) is 47.1 Å². The molecule has 4 heteroatoms. The molecule has 0 aliphatic rings. The van der Waals surface area contributed by atoms with Gasteiger partial charge in [0, 0.05) is 11.8 Å². The first-order chi connectivity index (χ1) is 7.10. The fraction of sp³-hybridized carbons (Fsp3) is 0.750. The molecule has 0 aliphatic carbocycles. The van der Waals surface area contributed by atoms with Crippen molar-refractivity contribution >= 4 is 0 Å². The predicted octanol–water partition coefficient (Wildman–Crippen LogP) is 2.61. The summed E-state index contributed by atoms with van der Waals surface area (Å²) in [5, 5.41) is 32.2. The molecule has 0 radical (unpaired) electrons. The third-order valence-corrected chi connectivity index (χ3v) is 0.790. The first kappa shape index (κ1) is 19.9. The van der Waals surface area contributed by atoms with E-state index in [-0.39, 0.29) is 11.8 Å². The van der Waals surface area contributed by atoms with Crippen molar-refractivity contribution < 1.29 is 5.11 Å². The monoisotopic (exact) mass is 223 g/mol. The van der Waals surface area contributed by atoms with Gasteiger partial charge in [0.05, 0.1) is 18.2 Å². The summed E-state index contributed by atoms with van der Waals surface area (Å²) in [6.45, 7) is 10.3. The van der Waals surface area contributed by atoms with Crippen LogP contribution in [-0.4, -0.2) is 10.7 Å². The topological polar surface area (TPSA) is 91.6 Å². The van der Waals surface area contributed by atoms with E-state index in [1.165, 1.54) is 13.8 Å². The Bertz CT molecular complexity index is 251. The van der Waals surface area contributed by atoms with E-state index in [0.717, 1.165) is 0 Å². The second kappa shape index (κ2) is 11.5. The Morgan fingerprint density at radius 2 is 1.00 bits per heavy atom. The highest BCUT2D eigenvalue weighted by molar-refractivity contribution is 4.91. The maximum absolute atomic E-state index is 8.47. The minimum Gasteiger partial charge on any atom is -0.376 e. The van der Waals surface area contributed by atoms with E-state index >= 15 is 0 Å². The van der Waals surface area contributed by atoms with Crippen LogP contribution in [0.25, 0.3) is 0 Å². The fourth-order valence-electron chi connectivity index (χ4n) is 0. The zero-order valence-electron chi connectivity index (χ0n) is 10.9. The van der Waals surface area contributed by atoms with Gasteiger partial charge in [0.25, 0.3) is 0 Å². The number of rotatable bonds is 0. The molecule has 16 heavy (non-hydrogen) atoms. The van der Waals surface area contributed by atoms with Crippen molar-refractivity contribution in [1.82, 2.24) is 0 Å². The van der Waals surface area contributed by atoms with E-state index in [1.54, 1.807) is 6.07 Å². The van der Waals surface area contributed by atoms with Crippen molar-refractivity contribution in [3.05, 3.63) is 0 Å². The molecule has 0 aromatic carbocycles. The second-order valence-corrected chi connectivity index (χ2v) is 4.24. The van der Waals surface area contributed by atoms with Crippen LogP contribution in [0.3, 0.4) is 0 Å². The molecule has 0 saturated carbocycles. The molecular weight excluding hydrogens is 202 g/mol. The fourth-order valence-corrected chi connectivity index (χ4v) is 0. The Labute approximate surface area is 98.7 Å². The molecule has 0 heterocycles. The van der Waals surface area contributed by atoms with Crippen LogP contribution in [0.5, 0.6) is 0 Å². The van der Waals surface area contributed by atoms with Gasteiger partial charge in [0.15, 0.2) is 0 Å². The molecule has 0 amide bonds. The average molecular weight is 223 g/mol. The Balaban J connectivity index is -0.000000160. The summed E-state index contributed by atoms with van der Waals surface area (Å²) >= 11 is 0. The third-order valence-electron chi connectivity index (χ3n) is 0.790. The lowest BCUT2D eigenvalue weighted by molar-refractivity contribution is 0.141. The van der Waals surface area contributed by atoms with Gasteiger partial charge in [0.1, 0.15) is 5.60 Å². The van der Waals surface area contributed by atoms with E-state index in [1.807, 2.05) is 39.8 Å². The molecule has 0 bridgehead atoms. The molecule has 4 nitrogen and oxygen atoms in total. The highest BCUT2D eigenvalue weighted by Crippen LogP contribution is 1.93. The number of hydrogen-bond acceptors (Lipinski definition) is 4. The average Bonchev–Trinajstić information content (AvgIpc) is 2.18. The summed E-state index contributed by atoms with van der Waals surface area (Å²) in [4.78, 5) is 0. The molecule has 0 spiro atoms. The summed E-state index contributed by atoms with van der Waals surface area (Å²) in [6.07, 6.45) is 0. The SMILES string of the molecule is CC(C)(O)C#N.CC(C)C#N.CC(C)C#N. The maximum atomic E-state index is 8.47. The maximum Gasteiger partial charge on any atom is 0.145 e. The van der Waals surface area contributed by atoms with E-state index < -0.39 is 5.60 Å². The lowest BCUT2D eigenvalue weighted by Gasteiger charge is -2.00. The van der Waals surface area contributed by atoms with Crippen LogP contribution in [0, 0.1) is 45.8 Å². The minimum atomic E-state index is -1.15. The standard InChI is InChI=1S/C4H7NO.2C4H7N/c1-4(2,6)3-5;2*1-4(2)3-5/h6H,1-2H3;2*4H,1-2H3. The number of aliphatic hydroxyl groups is 1. The molecule has 0 atom stereocenters. The van der Waals surface area contributed by atoms with E-state index in [4.69, 9.17) is 20.9 Å². The van der Waals surface area contributed by atoms with Gasteiger partial charge in [-0.05, 0) is 41.5 Å². The van der Waals surface area contributed by atoms with Crippen LogP contribution in [0.4, 0.5) is 0 Å². The zero-order valence-corrected chi connectivity index (χ0v) is 10.9. The molecule has 1 N–H and O–H groups in total. The summed E-state index contributed by atoms with van der Waals surface area (Å²) in [6, 6.07) is 5.72. The van der Waals surface area contributed by atoms with Crippen LogP contribution in [0.15, 0.2) is 0 Å². The Hall–Kier alpha value is -1.57. The van der Waals surface area contributed by atoms with Crippen LogP contribution < -0.4 is 0 Å². The van der Waals surface area contributed by atoms with E-state index in [0.29, 0.717) is 0 Å². The Kier molecular flexibility index (Phi) is 14.3. The lowest BCUT2D eigenvalue weighted by atomic mass is 10.2. The summed E-state index contributed by atoms with van der Waals surface area (Å²) < 4.78 is 0. The lowest BCUT2D eigenvalue weighted by Crippen LogP contribution is -2.13. The van der Waals surface area contributed by atoms with Gasteiger partial charge in [-0.2, -0.15) is 15.8 Å². The largest absolute Gasteiger partial charge is 0.376 e. The number of nitrogens with zero attached hydrogens (tertiary/aromatic N) is 3. The molecule has 90 valence electrons. The van der Waals surface area contributed by atoms with Gasteiger partial charge in [-0.25, -0.2) is 0 Å². The Morgan fingerprint density at radius 1 is 0.875 bits per heavy atom. The molecule has 0 unspecified atom stereocenters. The van der Waals surface area contributed by atoms with E-state index in [2.05, 4.69) is 0 Å². The van der Waals surface area contributed by atoms with Crippen LogP contribution in [-0.2, 0) is 0 Å². The van der Waals surface area contributed by atoms with Crippen LogP contribution in [0.2, 0.25) is 0 Å². The van der Waals surface area contributed by atoms with Gasteiger partial charge in [-0.1, -0.05) is 0 Å². The summed E-state index contributed by atoms with van der Waals surface area (Å²) in [5.41, 5.74) is -1.15. The van der Waals surface area contributed by atoms with Gasteiger partial charge >= 0.3 is 0 Å². The molecule has 0 aromatic heterocycles. The van der Waals surface area contributed by atoms with Gasteiger partial charge in [0.2, 0.25) is 0 Å². The molecule has 0 saturated heterocycles. The van der Waals surface area contributed by atoms with Gasteiger partial charge < -0.3 is 5.11 Å². The first-order valence-electron chi connectivity index (χ1n) is 5.03. The number of nitriles is 3. The predicted molar refractivity (Wildman–Crippen MR) is 62.8 cm³/mol. The molecule has 0 rings (SSSR count). The molecule has 0 aromatic rings. The quantitative estimate of drug-likeness (QED) is 0.639.